The van der Waals surface area contributed by atoms with Crippen LogP contribution in [0.25, 0.3) is 0 Å². The fourth-order valence-corrected chi connectivity index (χ4v) is 2.36. The third kappa shape index (κ3) is 4.66. The number of sulfone groups is 1. The fraction of sp³-hybridized carbons (Fsp3) is 0.667. The van der Waals surface area contributed by atoms with Crippen LogP contribution in [0.1, 0.15) is 27.7 Å². The quantitative estimate of drug-likeness (QED) is 0.840. The van der Waals surface area contributed by atoms with Gasteiger partial charge in [0.15, 0.2) is 9.84 Å². The highest BCUT2D eigenvalue weighted by Crippen LogP contribution is 2.03. The molecule has 0 radical (unpaired) electrons. The van der Waals surface area contributed by atoms with Crippen molar-refractivity contribution < 1.29 is 8.42 Å². The van der Waals surface area contributed by atoms with Gasteiger partial charge in [-0.3, -0.25) is 4.79 Å². The minimum atomic E-state index is -3.16. The molecule has 1 heterocycles. The number of nitrogens with zero attached hydrogens (tertiary/aromatic N) is 2. The summed E-state index contributed by atoms with van der Waals surface area (Å²) in [6, 6.07) is 1.63. The summed E-state index contributed by atoms with van der Waals surface area (Å²) in [4.78, 5) is 11.8. The SMILES string of the molecule is CC(C)Nc1cnn(CCS(=O)(=O)C(C)C)c(=O)c1. The van der Waals surface area contributed by atoms with Gasteiger partial charge in [-0.25, -0.2) is 13.1 Å². The summed E-state index contributed by atoms with van der Waals surface area (Å²) in [6.45, 7) is 7.26. The first-order valence-corrected chi connectivity index (χ1v) is 7.99. The normalized spacial score (nSPS) is 12.1. The molecule has 1 rings (SSSR count). The molecule has 0 fully saturated rings. The molecule has 0 aliphatic rings. The maximum Gasteiger partial charge on any atom is 0.268 e. The first-order chi connectivity index (χ1) is 8.72. The molecule has 0 atom stereocenters. The maximum atomic E-state index is 11.8. The number of hydrogen-bond donors (Lipinski definition) is 1. The fourth-order valence-electron chi connectivity index (χ4n) is 1.46. The lowest BCUT2D eigenvalue weighted by atomic mass is 10.3. The van der Waals surface area contributed by atoms with Gasteiger partial charge >= 0.3 is 0 Å². The van der Waals surface area contributed by atoms with Gasteiger partial charge < -0.3 is 5.32 Å². The van der Waals surface area contributed by atoms with Crippen molar-refractivity contribution in [3.8, 4) is 0 Å². The third-order valence-electron chi connectivity index (χ3n) is 2.63. The molecule has 1 aromatic heterocycles. The number of hydrogen-bond acceptors (Lipinski definition) is 5. The largest absolute Gasteiger partial charge is 0.381 e. The second kappa shape index (κ2) is 6.18. The number of aryl methyl sites for hydroxylation is 1. The van der Waals surface area contributed by atoms with E-state index in [9.17, 15) is 13.2 Å². The van der Waals surface area contributed by atoms with E-state index >= 15 is 0 Å². The summed E-state index contributed by atoms with van der Waals surface area (Å²) in [6.07, 6.45) is 1.53. The van der Waals surface area contributed by atoms with Crippen LogP contribution >= 0.6 is 0 Å². The zero-order valence-electron chi connectivity index (χ0n) is 11.8. The van der Waals surface area contributed by atoms with E-state index in [4.69, 9.17) is 0 Å². The number of anilines is 1. The van der Waals surface area contributed by atoms with Gasteiger partial charge in [0.2, 0.25) is 0 Å². The zero-order chi connectivity index (χ0) is 14.6. The highest BCUT2D eigenvalue weighted by Gasteiger charge is 2.16. The first-order valence-electron chi connectivity index (χ1n) is 6.27. The average Bonchev–Trinajstić information content (AvgIpc) is 2.26. The van der Waals surface area contributed by atoms with E-state index in [0.29, 0.717) is 5.69 Å². The molecular weight excluding hydrogens is 266 g/mol. The number of rotatable bonds is 6. The van der Waals surface area contributed by atoms with Crippen LogP contribution in [0.2, 0.25) is 0 Å². The predicted molar refractivity (Wildman–Crippen MR) is 76.2 cm³/mol. The highest BCUT2D eigenvalue weighted by molar-refractivity contribution is 7.91. The summed E-state index contributed by atoms with van der Waals surface area (Å²) >= 11 is 0. The maximum absolute atomic E-state index is 11.8. The molecule has 7 heteroatoms. The Morgan fingerprint density at radius 1 is 1.32 bits per heavy atom. The Kier molecular flexibility index (Phi) is 5.11. The van der Waals surface area contributed by atoms with Crippen molar-refractivity contribution in [3.63, 3.8) is 0 Å². The molecule has 0 aliphatic heterocycles. The van der Waals surface area contributed by atoms with Gasteiger partial charge in [-0.15, -0.1) is 0 Å². The third-order valence-corrected chi connectivity index (χ3v) is 4.82. The Morgan fingerprint density at radius 3 is 2.42 bits per heavy atom. The molecule has 0 aliphatic carbocycles. The van der Waals surface area contributed by atoms with Crippen molar-refractivity contribution in [1.82, 2.24) is 9.78 Å². The van der Waals surface area contributed by atoms with Crippen LogP contribution in [-0.4, -0.2) is 35.2 Å². The van der Waals surface area contributed by atoms with Crippen LogP contribution < -0.4 is 10.9 Å². The molecule has 108 valence electrons. The molecule has 0 aromatic carbocycles. The van der Waals surface area contributed by atoms with E-state index in [2.05, 4.69) is 10.4 Å². The summed E-state index contributed by atoms with van der Waals surface area (Å²) in [5.41, 5.74) is 0.340. The van der Waals surface area contributed by atoms with E-state index in [1.165, 1.54) is 16.9 Å². The molecule has 0 unspecified atom stereocenters. The highest BCUT2D eigenvalue weighted by atomic mass is 32.2. The van der Waals surface area contributed by atoms with Gasteiger partial charge in [0.1, 0.15) is 0 Å². The van der Waals surface area contributed by atoms with Crippen LogP contribution in [0.5, 0.6) is 0 Å². The molecule has 1 aromatic rings. The van der Waals surface area contributed by atoms with E-state index < -0.39 is 15.1 Å². The van der Waals surface area contributed by atoms with Gasteiger partial charge in [0.05, 0.1) is 29.4 Å². The van der Waals surface area contributed by atoms with Crippen LogP contribution in [0.4, 0.5) is 5.69 Å². The minimum Gasteiger partial charge on any atom is -0.381 e. The smallest absolute Gasteiger partial charge is 0.268 e. The molecular formula is C12H21N3O3S. The predicted octanol–water partition coefficient (Wildman–Crippen LogP) is 0.887. The van der Waals surface area contributed by atoms with Gasteiger partial charge in [-0.05, 0) is 27.7 Å². The Labute approximate surface area is 113 Å². The molecule has 0 amide bonds. The van der Waals surface area contributed by atoms with E-state index in [1.54, 1.807) is 13.8 Å². The van der Waals surface area contributed by atoms with Gasteiger partial charge in [0, 0.05) is 12.1 Å². The Balaban J connectivity index is 2.79. The minimum absolute atomic E-state index is 0.0749. The molecule has 0 saturated carbocycles. The lowest BCUT2D eigenvalue weighted by Crippen LogP contribution is -2.28. The van der Waals surface area contributed by atoms with Crippen LogP contribution in [0, 0.1) is 0 Å². The lowest BCUT2D eigenvalue weighted by molar-refractivity contribution is 0.564. The van der Waals surface area contributed by atoms with Crippen molar-refractivity contribution in [2.24, 2.45) is 0 Å². The van der Waals surface area contributed by atoms with E-state index in [1.807, 2.05) is 13.8 Å². The molecule has 1 N–H and O–H groups in total. The Morgan fingerprint density at radius 2 is 1.95 bits per heavy atom. The molecule has 0 bridgehead atoms. The Hall–Kier alpha value is -1.37. The van der Waals surface area contributed by atoms with Gasteiger partial charge in [-0.2, -0.15) is 5.10 Å². The van der Waals surface area contributed by atoms with Crippen LogP contribution in [-0.2, 0) is 16.4 Å². The first kappa shape index (κ1) is 15.7. The van der Waals surface area contributed by atoms with Crippen molar-refractivity contribution in [2.45, 2.75) is 45.5 Å². The summed E-state index contributed by atoms with van der Waals surface area (Å²) in [5, 5.41) is 6.60. The second-order valence-electron chi connectivity index (χ2n) is 5.02. The number of nitrogens with one attached hydrogen (secondary N) is 1. The van der Waals surface area contributed by atoms with Gasteiger partial charge in [-0.1, -0.05) is 0 Å². The lowest BCUT2D eigenvalue weighted by Gasteiger charge is -2.11. The Bertz CT molecular complexity index is 576. The molecule has 0 spiro atoms. The van der Waals surface area contributed by atoms with Crippen molar-refractivity contribution in [2.75, 3.05) is 11.1 Å². The molecule has 0 saturated heterocycles. The molecule has 19 heavy (non-hydrogen) atoms. The van der Waals surface area contributed by atoms with E-state index in [0.717, 1.165) is 0 Å². The van der Waals surface area contributed by atoms with Gasteiger partial charge in [0.25, 0.3) is 5.56 Å². The summed E-state index contributed by atoms with van der Waals surface area (Å²) in [5.74, 6) is -0.0749. The van der Waals surface area contributed by atoms with Crippen molar-refractivity contribution >= 4 is 15.5 Å². The topological polar surface area (TPSA) is 81.1 Å². The summed E-state index contributed by atoms with van der Waals surface area (Å²) < 4.78 is 24.5. The van der Waals surface area contributed by atoms with Crippen molar-refractivity contribution in [1.29, 1.82) is 0 Å². The monoisotopic (exact) mass is 287 g/mol. The van der Waals surface area contributed by atoms with Crippen LogP contribution in [0.3, 0.4) is 0 Å². The summed E-state index contributed by atoms with van der Waals surface area (Å²) in [7, 11) is -3.16. The second-order valence-corrected chi connectivity index (χ2v) is 7.70. The number of aromatic nitrogens is 2. The molecule has 6 nitrogen and oxygen atoms in total. The van der Waals surface area contributed by atoms with E-state index in [-0.39, 0.29) is 23.9 Å². The average molecular weight is 287 g/mol. The zero-order valence-corrected chi connectivity index (χ0v) is 12.6. The van der Waals surface area contributed by atoms with Crippen LogP contribution in [0.15, 0.2) is 17.1 Å². The van der Waals surface area contributed by atoms with Crippen molar-refractivity contribution in [3.05, 3.63) is 22.6 Å². The standard InChI is InChI=1S/C12H21N3O3S/c1-9(2)14-11-7-12(16)15(13-8-11)5-6-19(17,18)10(3)4/h7-10,14H,5-6H2,1-4H3.